The molecule has 1 nitrogen and oxygen atoms in total. The topological polar surface area (TPSA) is 23.9 Å². The summed E-state index contributed by atoms with van der Waals surface area (Å²) in [5.41, 5.74) is 0.760. The smallest absolute Gasteiger partial charge is 0.124 e. The second kappa shape index (κ2) is 6.59. The number of allylic oxidation sites excluding steroid dienone is 2. The summed E-state index contributed by atoms with van der Waals surface area (Å²) in [6.45, 7) is 4.25. The fourth-order valence-corrected chi connectivity index (χ4v) is 0.745. The molecule has 0 aromatic heterocycles. The minimum atomic E-state index is 0.760. The summed E-state index contributed by atoms with van der Waals surface area (Å²) in [5, 5.41) is 7.38. The van der Waals surface area contributed by atoms with Crippen LogP contribution in [-0.4, -0.2) is 13.0 Å². The van der Waals surface area contributed by atoms with Gasteiger partial charge in [-0.25, -0.2) is 0 Å². The van der Waals surface area contributed by atoms with E-state index in [-0.39, 0.29) is 0 Å². The molecule has 0 radical (unpaired) electrons. The van der Waals surface area contributed by atoms with Gasteiger partial charge in [0.15, 0.2) is 0 Å². The Hall–Kier alpha value is -0.525. The molecular formula is C8H16BN. The maximum atomic E-state index is 7.38. The van der Waals surface area contributed by atoms with Crippen LogP contribution in [0.3, 0.4) is 0 Å². The van der Waals surface area contributed by atoms with Crippen molar-refractivity contribution in [1.82, 2.24) is 0 Å². The maximum Gasteiger partial charge on any atom is 0.124 e. The van der Waals surface area contributed by atoms with Crippen molar-refractivity contribution >= 4 is 13.0 Å². The third-order valence-corrected chi connectivity index (χ3v) is 1.29. The van der Waals surface area contributed by atoms with Gasteiger partial charge in [-0.15, -0.1) is 0 Å². The summed E-state index contributed by atoms with van der Waals surface area (Å²) in [7, 11) is 1.08. The first kappa shape index (κ1) is 9.47. The molecular weight excluding hydrogens is 121 g/mol. The molecule has 0 atom stereocenters. The molecule has 1 N–H and O–H groups in total. The Bertz CT molecular complexity index is 118. The average Bonchev–Trinajstić information content (AvgIpc) is 1.89. The molecule has 0 aromatic rings. The van der Waals surface area contributed by atoms with Crippen LogP contribution in [0.4, 0.5) is 0 Å². The molecule has 0 saturated carbocycles. The predicted molar refractivity (Wildman–Crippen MR) is 49.6 cm³/mol. The number of unbranched alkanes of at least 4 members (excludes halogenated alkanes) is 1. The lowest BCUT2D eigenvalue weighted by molar-refractivity contribution is 0.959. The van der Waals surface area contributed by atoms with Crippen LogP contribution in [-0.2, 0) is 0 Å². The first-order valence-electron chi connectivity index (χ1n) is 4.05. The van der Waals surface area contributed by atoms with Gasteiger partial charge < -0.3 is 5.41 Å². The number of hydrogen-bond acceptors (Lipinski definition) is 1. The van der Waals surface area contributed by atoms with Crippen LogP contribution in [0.25, 0.3) is 0 Å². The molecule has 10 heavy (non-hydrogen) atoms. The van der Waals surface area contributed by atoms with E-state index in [0.29, 0.717) is 0 Å². The molecule has 0 fully saturated rings. The lowest BCUT2D eigenvalue weighted by atomic mass is 9.76. The molecule has 0 aliphatic heterocycles. The maximum absolute atomic E-state index is 7.38. The van der Waals surface area contributed by atoms with E-state index in [4.69, 9.17) is 5.41 Å². The monoisotopic (exact) mass is 137 g/mol. The van der Waals surface area contributed by atoms with Crippen molar-refractivity contribution in [3.05, 3.63) is 12.2 Å². The lowest BCUT2D eigenvalue weighted by Crippen LogP contribution is -1.93. The minimum absolute atomic E-state index is 0.760. The molecule has 0 aliphatic carbocycles. The van der Waals surface area contributed by atoms with Gasteiger partial charge in [0.1, 0.15) is 7.28 Å². The number of nitrogens with one attached hydrogen (secondary N) is 1. The van der Waals surface area contributed by atoms with Gasteiger partial charge in [0.2, 0.25) is 0 Å². The number of hydrogen-bond donors (Lipinski definition) is 1. The van der Waals surface area contributed by atoms with Crippen molar-refractivity contribution in [3.63, 3.8) is 0 Å². The molecule has 0 rings (SSSR count). The van der Waals surface area contributed by atoms with Gasteiger partial charge >= 0.3 is 0 Å². The molecule has 0 aromatic carbocycles. The summed E-state index contributed by atoms with van der Waals surface area (Å²) in [6.07, 6.45) is 7.20. The standard InChI is InChI=1S/C8H16BN/c1-3-4-5-6-8(10)7-9-2/h5-6,9-10H,3-4,7H2,1-2H3/b6-5-,10-8?. The zero-order valence-corrected chi connectivity index (χ0v) is 6.98. The molecule has 0 spiro atoms. The Morgan fingerprint density at radius 1 is 1.60 bits per heavy atom. The highest BCUT2D eigenvalue weighted by Gasteiger charge is 1.87. The predicted octanol–water partition coefficient (Wildman–Crippen LogP) is 2.27. The highest BCUT2D eigenvalue weighted by atomic mass is 14.4. The van der Waals surface area contributed by atoms with E-state index in [1.54, 1.807) is 0 Å². The average molecular weight is 137 g/mol. The summed E-state index contributed by atoms with van der Waals surface area (Å²) < 4.78 is 0. The van der Waals surface area contributed by atoms with Crippen molar-refractivity contribution in [1.29, 1.82) is 5.41 Å². The lowest BCUT2D eigenvalue weighted by Gasteiger charge is -1.90. The Balaban J connectivity index is 3.36. The Morgan fingerprint density at radius 3 is 2.80 bits per heavy atom. The van der Waals surface area contributed by atoms with Gasteiger partial charge in [0, 0.05) is 5.71 Å². The molecule has 0 saturated heterocycles. The van der Waals surface area contributed by atoms with E-state index < -0.39 is 0 Å². The van der Waals surface area contributed by atoms with Crippen molar-refractivity contribution < 1.29 is 0 Å². The normalized spacial score (nSPS) is 10.2. The molecule has 56 valence electrons. The second-order valence-electron chi connectivity index (χ2n) is 2.47. The van der Waals surface area contributed by atoms with Crippen LogP contribution in [0.2, 0.25) is 13.1 Å². The third-order valence-electron chi connectivity index (χ3n) is 1.29. The number of rotatable bonds is 5. The summed E-state index contributed by atoms with van der Waals surface area (Å²) >= 11 is 0. The van der Waals surface area contributed by atoms with Gasteiger partial charge in [-0.1, -0.05) is 26.2 Å². The van der Waals surface area contributed by atoms with Gasteiger partial charge in [-0.3, -0.25) is 0 Å². The van der Waals surface area contributed by atoms with Crippen molar-refractivity contribution in [2.75, 3.05) is 0 Å². The second-order valence-corrected chi connectivity index (χ2v) is 2.47. The summed E-state index contributed by atoms with van der Waals surface area (Å²) in [5.74, 6) is 0. The third kappa shape index (κ3) is 5.61. The van der Waals surface area contributed by atoms with E-state index in [2.05, 4.69) is 19.8 Å². The van der Waals surface area contributed by atoms with E-state index in [1.807, 2.05) is 6.08 Å². The van der Waals surface area contributed by atoms with Crippen molar-refractivity contribution in [2.45, 2.75) is 32.9 Å². The van der Waals surface area contributed by atoms with Gasteiger partial charge in [-0.2, -0.15) is 0 Å². The molecule has 0 aliphatic rings. The van der Waals surface area contributed by atoms with E-state index in [1.165, 1.54) is 6.42 Å². The quantitative estimate of drug-likeness (QED) is 0.444. The Kier molecular flexibility index (Phi) is 6.25. The van der Waals surface area contributed by atoms with Crippen molar-refractivity contribution in [3.8, 4) is 0 Å². The van der Waals surface area contributed by atoms with Crippen LogP contribution in [0.15, 0.2) is 12.2 Å². The van der Waals surface area contributed by atoms with Gasteiger partial charge in [0.25, 0.3) is 0 Å². The fraction of sp³-hybridized carbons (Fsp3) is 0.625. The molecule has 0 bridgehead atoms. The largest absolute Gasteiger partial charge is 0.306 e. The SMILES string of the molecule is CBCC(=N)/C=C\CCC. The van der Waals surface area contributed by atoms with Crippen molar-refractivity contribution in [2.24, 2.45) is 0 Å². The highest BCUT2D eigenvalue weighted by molar-refractivity contribution is 6.41. The highest BCUT2D eigenvalue weighted by Crippen LogP contribution is 1.91. The molecule has 0 amide bonds. The fourth-order valence-electron chi connectivity index (χ4n) is 0.745. The molecule has 0 heterocycles. The zero-order chi connectivity index (χ0) is 7.82. The zero-order valence-electron chi connectivity index (χ0n) is 6.98. The van der Waals surface area contributed by atoms with Crippen LogP contribution in [0, 0.1) is 5.41 Å². The molecule has 2 heteroatoms. The van der Waals surface area contributed by atoms with Gasteiger partial charge in [0.05, 0.1) is 0 Å². The van der Waals surface area contributed by atoms with Gasteiger partial charge in [-0.05, 0) is 18.8 Å². The van der Waals surface area contributed by atoms with E-state index >= 15 is 0 Å². The van der Waals surface area contributed by atoms with Crippen LogP contribution < -0.4 is 0 Å². The summed E-state index contributed by atoms with van der Waals surface area (Å²) in [4.78, 5) is 0. The minimum Gasteiger partial charge on any atom is -0.306 e. The Morgan fingerprint density at radius 2 is 2.30 bits per heavy atom. The first-order valence-corrected chi connectivity index (χ1v) is 4.05. The van der Waals surface area contributed by atoms with Crippen LogP contribution in [0.1, 0.15) is 19.8 Å². The van der Waals surface area contributed by atoms with E-state index in [0.717, 1.165) is 25.7 Å². The van der Waals surface area contributed by atoms with Crippen LogP contribution >= 0.6 is 0 Å². The summed E-state index contributed by atoms with van der Waals surface area (Å²) in [6, 6.07) is 0. The van der Waals surface area contributed by atoms with Crippen LogP contribution in [0.5, 0.6) is 0 Å². The van der Waals surface area contributed by atoms with E-state index in [9.17, 15) is 0 Å². The first-order chi connectivity index (χ1) is 4.81. The Labute approximate surface area is 64.3 Å². The molecule has 0 unspecified atom stereocenters.